The van der Waals surface area contributed by atoms with E-state index in [1.165, 1.54) is 12.3 Å². The van der Waals surface area contributed by atoms with Crippen LogP contribution in [0.25, 0.3) is 0 Å². The summed E-state index contributed by atoms with van der Waals surface area (Å²) in [5, 5.41) is 17.3. The highest BCUT2D eigenvalue weighted by Gasteiger charge is 2.22. The minimum absolute atomic E-state index is 0.0259. The second-order valence-electron chi connectivity index (χ2n) is 3.76. The Kier molecular flexibility index (Phi) is 2.75. The van der Waals surface area contributed by atoms with Crippen molar-refractivity contribution < 1.29 is 9.90 Å². The number of hydrogen-bond acceptors (Lipinski definition) is 5. The highest BCUT2D eigenvalue weighted by molar-refractivity contribution is 5.86. The first-order valence-electron chi connectivity index (χ1n) is 5.01. The van der Waals surface area contributed by atoms with Crippen LogP contribution in [0, 0.1) is 18.3 Å². The van der Waals surface area contributed by atoms with Gasteiger partial charge in [-0.1, -0.05) is 0 Å². The average molecular weight is 230 g/mol. The first kappa shape index (κ1) is 11.1. The molecule has 1 aromatic rings. The molecule has 2 heterocycles. The van der Waals surface area contributed by atoms with Gasteiger partial charge in [0.25, 0.3) is 0 Å². The summed E-state index contributed by atoms with van der Waals surface area (Å²) in [6, 6.07) is 1.97. The quantitative estimate of drug-likeness (QED) is 0.754. The summed E-state index contributed by atoms with van der Waals surface area (Å²) < 4.78 is 0. The van der Waals surface area contributed by atoms with Crippen LogP contribution >= 0.6 is 0 Å². The second-order valence-corrected chi connectivity index (χ2v) is 3.76. The molecule has 0 spiro atoms. The minimum Gasteiger partial charge on any atom is -0.476 e. The Bertz CT molecular complexity index is 537. The van der Waals surface area contributed by atoms with Crippen LogP contribution in [0.5, 0.6) is 0 Å². The van der Waals surface area contributed by atoms with E-state index in [4.69, 9.17) is 10.4 Å². The maximum atomic E-state index is 10.8. The molecule has 1 aliphatic rings. The molecule has 0 bridgehead atoms. The molecular weight excluding hydrogens is 220 g/mol. The van der Waals surface area contributed by atoms with E-state index in [-0.39, 0.29) is 5.69 Å². The van der Waals surface area contributed by atoms with Crippen LogP contribution in [0.15, 0.2) is 17.8 Å². The topological polar surface area (TPSA) is 90.1 Å². The highest BCUT2D eigenvalue weighted by atomic mass is 16.4. The van der Waals surface area contributed by atoms with Crippen LogP contribution < -0.4 is 4.90 Å². The molecule has 0 aliphatic carbocycles. The van der Waals surface area contributed by atoms with E-state index in [0.717, 1.165) is 5.57 Å². The van der Waals surface area contributed by atoms with E-state index in [0.29, 0.717) is 24.6 Å². The Hall–Kier alpha value is -2.42. The number of allylic oxidation sites excluding steroid dienone is 1. The van der Waals surface area contributed by atoms with Gasteiger partial charge in [0.2, 0.25) is 0 Å². The number of aromatic nitrogens is 2. The smallest absolute Gasteiger partial charge is 0.356 e. The van der Waals surface area contributed by atoms with Gasteiger partial charge in [-0.3, -0.25) is 0 Å². The monoisotopic (exact) mass is 230 g/mol. The van der Waals surface area contributed by atoms with E-state index < -0.39 is 5.97 Å². The fraction of sp³-hybridized carbons (Fsp3) is 0.273. The van der Waals surface area contributed by atoms with Crippen molar-refractivity contribution in [2.45, 2.75) is 6.92 Å². The van der Waals surface area contributed by atoms with Gasteiger partial charge in [0.15, 0.2) is 5.69 Å². The van der Waals surface area contributed by atoms with Crippen LogP contribution in [0.1, 0.15) is 16.2 Å². The van der Waals surface area contributed by atoms with Crippen molar-refractivity contribution in [3.63, 3.8) is 0 Å². The zero-order chi connectivity index (χ0) is 12.4. The Morgan fingerprint density at radius 2 is 2.35 bits per heavy atom. The average Bonchev–Trinajstić information content (AvgIpc) is 2.22. The molecule has 17 heavy (non-hydrogen) atoms. The van der Waals surface area contributed by atoms with Gasteiger partial charge in [0.1, 0.15) is 5.82 Å². The fourth-order valence-electron chi connectivity index (χ4n) is 1.62. The summed E-state index contributed by atoms with van der Waals surface area (Å²) in [4.78, 5) is 20.7. The third-order valence-corrected chi connectivity index (χ3v) is 2.52. The largest absolute Gasteiger partial charge is 0.476 e. The number of nitriles is 1. The number of aryl methyl sites for hydroxylation is 1. The van der Waals surface area contributed by atoms with Crippen molar-refractivity contribution in [2.24, 2.45) is 0 Å². The summed E-state index contributed by atoms with van der Waals surface area (Å²) in [6.45, 7) is 2.91. The molecule has 1 aromatic heterocycles. The molecular formula is C11H10N4O2. The Balaban J connectivity index is 2.15. The Labute approximate surface area is 97.8 Å². The van der Waals surface area contributed by atoms with Crippen molar-refractivity contribution in [1.29, 1.82) is 5.26 Å². The number of anilines is 1. The van der Waals surface area contributed by atoms with Crippen LogP contribution in [0.3, 0.4) is 0 Å². The van der Waals surface area contributed by atoms with Gasteiger partial charge in [-0.25, -0.2) is 14.8 Å². The summed E-state index contributed by atoms with van der Waals surface area (Å²) in [5.41, 5.74) is 1.41. The third-order valence-electron chi connectivity index (χ3n) is 2.52. The molecule has 0 saturated carbocycles. The molecule has 6 heteroatoms. The van der Waals surface area contributed by atoms with Crippen molar-refractivity contribution in [2.75, 3.05) is 18.0 Å². The van der Waals surface area contributed by atoms with E-state index in [2.05, 4.69) is 9.97 Å². The lowest BCUT2D eigenvalue weighted by Gasteiger charge is -2.34. The number of carbonyl (C=O) groups is 1. The van der Waals surface area contributed by atoms with Crippen molar-refractivity contribution >= 4 is 11.8 Å². The molecule has 0 aromatic carbocycles. The molecule has 1 saturated heterocycles. The van der Waals surface area contributed by atoms with Crippen LogP contribution in [0.4, 0.5) is 5.82 Å². The lowest BCUT2D eigenvalue weighted by Crippen LogP contribution is -2.40. The van der Waals surface area contributed by atoms with Gasteiger partial charge in [-0.2, -0.15) is 5.26 Å². The standard InChI is InChI=1S/C11H10N4O2/c1-7-10(11(16)17)13-4-9(14-7)15-5-8(6-15)2-3-12/h2,4H,5-6H2,1H3,(H,16,17). The van der Waals surface area contributed by atoms with E-state index in [1.54, 1.807) is 6.92 Å². The van der Waals surface area contributed by atoms with Crippen molar-refractivity contribution in [3.05, 3.63) is 29.2 Å². The summed E-state index contributed by atoms with van der Waals surface area (Å²) >= 11 is 0. The van der Waals surface area contributed by atoms with E-state index >= 15 is 0 Å². The predicted molar refractivity (Wildman–Crippen MR) is 59.6 cm³/mol. The summed E-state index contributed by atoms with van der Waals surface area (Å²) in [6.07, 6.45) is 2.96. The maximum Gasteiger partial charge on any atom is 0.356 e. The van der Waals surface area contributed by atoms with Gasteiger partial charge in [0.05, 0.1) is 18.0 Å². The highest BCUT2D eigenvalue weighted by Crippen LogP contribution is 2.21. The van der Waals surface area contributed by atoms with Gasteiger partial charge in [0, 0.05) is 19.2 Å². The molecule has 0 radical (unpaired) electrons. The first-order valence-corrected chi connectivity index (χ1v) is 5.01. The maximum absolute atomic E-state index is 10.8. The third kappa shape index (κ3) is 2.08. The number of aromatic carboxylic acids is 1. The van der Waals surface area contributed by atoms with E-state index in [1.807, 2.05) is 11.0 Å². The molecule has 1 aliphatic heterocycles. The molecule has 0 unspecified atom stereocenters. The van der Waals surface area contributed by atoms with Gasteiger partial charge >= 0.3 is 5.97 Å². The van der Waals surface area contributed by atoms with E-state index in [9.17, 15) is 4.79 Å². The molecule has 86 valence electrons. The lowest BCUT2D eigenvalue weighted by atomic mass is 10.1. The summed E-state index contributed by atoms with van der Waals surface area (Å²) in [5.74, 6) is -0.433. The molecule has 0 amide bonds. The Morgan fingerprint density at radius 3 is 2.88 bits per heavy atom. The van der Waals surface area contributed by atoms with Crippen LogP contribution in [-0.2, 0) is 0 Å². The van der Waals surface area contributed by atoms with Crippen LogP contribution in [-0.4, -0.2) is 34.1 Å². The molecule has 2 rings (SSSR count). The predicted octanol–water partition coefficient (Wildman–Crippen LogP) is 0.753. The van der Waals surface area contributed by atoms with Gasteiger partial charge < -0.3 is 10.0 Å². The second kappa shape index (κ2) is 4.22. The van der Waals surface area contributed by atoms with Gasteiger partial charge in [-0.05, 0) is 12.5 Å². The Morgan fingerprint density at radius 1 is 1.65 bits per heavy atom. The number of rotatable bonds is 2. The lowest BCUT2D eigenvalue weighted by molar-refractivity contribution is 0.0689. The first-order chi connectivity index (χ1) is 8.11. The zero-order valence-electron chi connectivity index (χ0n) is 9.21. The zero-order valence-corrected chi connectivity index (χ0v) is 9.21. The molecule has 0 atom stereocenters. The number of nitrogens with zero attached hydrogens (tertiary/aromatic N) is 4. The molecule has 6 nitrogen and oxygen atoms in total. The number of carboxylic acid groups (broad SMARTS) is 1. The fourth-order valence-corrected chi connectivity index (χ4v) is 1.62. The molecule has 1 fully saturated rings. The summed E-state index contributed by atoms with van der Waals surface area (Å²) in [7, 11) is 0. The SMILES string of the molecule is Cc1nc(N2CC(=CC#N)C2)cnc1C(=O)O. The number of carboxylic acids is 1. The number of hydrogen-bond donors (Lipinski definition) is 1. The van der Waals surface area contributed by atoms with Gasteiger partial charge in [-0.15, -0.1) is 0 Å². The normalized spacial score (nSPS) is 13.9. The van der Waals surface area contributed by atoms with Crippen LogP contribution in [0.2, 0.25) is 0 Å². The molecule has 1 N–H and O–H groups in total. The van der Waals surface area contributed by atoms with Crippen molar-refractivity contribution in [3.8, 4) is 6.07 Å². The minimum atomic E-state index is -1.07. The van der Waals surface area contributed by atoms with Crippen molar-refractivity contribution in [1.82, 2.24) is 9.97 Å².